The molecule has 138 valence electrons. The van der Waals surface area contributed by atoms with Gasteiger partial charge in [0.2, 0.25) is 11.8 Å². The second-order valence-electron chi connectivity index (χ2n) is 7.40. The van der Waals surface area contributed by atoms with Crippen LogP contribution in [0.5, 0.6) is 0 Å². The van der Waals surface area contributed by atoms with Gasteiger partial charge in [-0.3, -0.25) is 9.59 Å². The zero-order valence-corrected chi connectivity index (χ0v) is 15.9. The highest BCUT2D eigenvalue weighted by atomic mass is 16.2. The van der Waals surface area contributed by atoms with Crippen LogP contribution in [0.25, 0.3) is 0 Å². The number of nitrogens with zero attached hydrogens (tertiary/aromatic N) is 1. The average Bonchev–Trinajstić information content (AvgIpc) is 2.84. The Kier molecular flexibility index (Phi) is 7.48. The van der Waals surface area contributed by atoms with Crippen LogP contribution in [0, 0.1) is 0 Å². The summed E-state index contributed by atoms with van der Waals surface area (Å²) in [5.41, 5.74) is 2.02. The topological polar surface area (TPSA) is 49.4 Å². The normalized spacial score (nSPS) is 15.7. The number of amides is 2. The average molecular weight is 344 g/mol. The Hall–Kier alpha value is -1.84. The molecule has 2 amide bonds. The molecule has 1 aliphatic carbocycles. The van der Waals surface area contributed by atoms with E-state index >= 15 is 0 Å². The van der Waals surface area contributed by atoms with E-state index < -0.39 is 0 Å². The summed E-state index contributed by atoms with van der Waals surface area (Å²) in [6.45, 7) is 6.37. The minimum atomic E-state index is -0.0204. The maximum Gasteiger partial charge on any atom is 0.226 e. The van der Waals surface area contributed by atoms with E-state index in [0.717, 1.165) is 24.1 Å². The molecule has 0 aliphatic heterocycles. The van der Waals surface area contributed by atoms with E-state index in [1.807, 2.05) is 29.2 Å². The molecule has 4 nitrogen and oxygen atoms in total. The van der Waals surface area contributed by atoms with Gasteiger partial charge in [0.1, 0.15) is 0 Å². The molecule has 4 heteroatoms. The summed E-state index contributed by atoms with van der Waals surface area (Å²) in [6, 6.07) is 8.23. The second-order valence-corrected chi connectivity index (χ2v) is 7.40. The molecule has 1 saturated carbocycles. The lowest BCUT2D eigenvalue weighted by Crippen LogP contribution is -2.40. The molecule has 0 heterocycles. The van der Waals surface area contributed by atoms with Crippen molar-refractivity contribution < 1.29 is 9.59 Å². The highest BCUT2D eigenvalue weighted by Gasteiger charge is 2.22. The van der Waals surface area contributed by atoms with E-state index in [2.05, 4.69) is 19.2 Å². The molecule has 0 unspecified atom stereocenters. The van der Waals surface area contributed by atoms with Crippen molar-refractivity contribution in [3.8, 4) is 0 Å². The van der Waals surface area contributed by atoms with Gasteiger partial charge in [-0.05, 0) is 30.4 Å². The van der Waals surface area contributed by atoms with Crippen LogP contribution >= 0.6 is 0 Å². The van der Waals surface area contributed by atoms with Gasteiger partial charge in [0.05, 0.1) is 0 Å². The summed E-state index contributed by atoms with van der Waals surface area (Å²) in [5.74, 6) is 0.423. The Bertz CT molecular complexity index is 575. The van der Waals surface area contributed by atoms with Crippen molar-refractivity contribution in [2.45, 2.75) is 77.7 Å². The number of carbonyl (C=O) groups is 2. The third-order valence-electron chi connectivity index (χ3n) is 5.11. The minimum absolute atomic E-state index is 0.0204. The molecule has 2 rings (SSSR count). The van der Waals surface area contributed by atoms with E-state index in [0.29, 0.717) is 24.9 Å². The van der Waals surface area contributed by atoms with Crippen LogP contribution in [0.2, 0.25) is 0 Å². The van der Waals surface area contributed by atoms with Gasteiger partial charge in [-0.2, -0.15) is 0 Å². The first-order chi connectivity index (χ1) is 12.0. The van der Waals surface area contributed by atoms with Crippen LogP contribution in [0.1, 0.15) is 77.2 Å². The summed E-state index contributed by atoms with van der Waals surface area (Å²) < 4.78 is 0. The Morgan fingerprint density at radius 2 is 1.76 bits per heavy atom. The second kappa shape index (κ2) is 9.59. The first kappa shape index (κ1) is 19.5. The lowest BCUT2D eigenvalue weighted by Gasteiger charge is -2.30. The molecule has 0 aromatic heterocycles. The van der Waals surface area contributed by atoms with Gasteiger partial charge in [0.15, 0.2) is 0 Å². The SMILES string of the molecule is CC(=O)N(CCC(=O)Nc1ccccc1C(C)C)C1CCCCCC1. The minimum Gasteiger partial charge on any atom is -0.339 e. The zero-order chi connectivity index (χ0) is 18.2. The molecule has 1 aromatic carbocycles. The Morgan fingerprint density at radius 1 is 1.12 bits per heavy atom. The molecule has 1 aromatic rings. The van der Waals surface area contributed by atoms with Gasteiger partial charge in [-0.1, -0.05) is 57.7 Å². The maximum atomic E-state index is 12.4. The molecule has 0 saturated heterocycles. The molecule has 0 atom stereocenters. The largest absolute Gasteiger partial charge is 0.339 e. The quantitative estimate of drug-likeness (QED) is 0.760. The Labute approximate surface area is 152 Å². The molecular formula is C21H32N2O2. The lowest BCUT2D eigenvalue weighted by atomic mass is 10.0. The monoisotopic (exact) mass is 344 g/mol. The van der Waals surface area contributed by atoms with Crippen LogP contribution in [0.3, 0.4) is 0 Å². The summed E-state index contributed by atoms with van der Waals surface area (Å²) in [4.78, 5) is 26.4. The van der Waals surface area contributed by atoms with Gasteiger partial charge in [0, 0.05) is 31.6 Å². The first-order valence-corrected chi connectivity index (χ1v) is 9.65. The fourth-order valence-electron chi connectivity index (χ4n) is 3.72. The number of hydrogen-bond donors (Lipinski definition) is 1. The van der Waals surface area contributed by atoms with Crippen LogP contribution < -0.4 is 5.32 Å². The van der Waals surface area contributed by atoms with Crippen molar-refractivity contribution in [3.63, 3.8) is 0 Å². The Morgan fingerprint density at radius 3 is 2.36 bits per heavy atom. The van der Waals surface area contributed by atoms with E-state index in [1.54, 1.807) is 6.92 Å². The zero-order valence-electron chi connectivity index (χ0n) is 15.9. The smallest absolute Gasteiger partial charge is 0.226 e. The maximum absolute atomic E-state index is 12.4. The van der Waals surface area contributed by atoms with Crippen molar-refractivity contribution in [1.29, 1.82) is 0 Å². The molecule has 0 radical (unpaired) electrons. The number of anilines is 1. The van der Waals surface area contributed by atoms with Crippen molar-refractivity contribution >= 4 is 17.5 Å². The van der Waals surface area contributed by atoms with Gasteiger partial charge in [0.25, 0.3) is 0 Å². The van der Waals surface area contributed by atoms with E-state index in [9.17, 15) is 9.59 Å². The van der Waals surface area contributed by atoms with Gasteiger partial charge in [-0.25, -0.2) is 0 Å². The first-order valence-electron chi connectivity index (χ1n) is 9.65. The molecule has 1 N–H and O–H groups in total. The predicted octanol–water partition coefficient (Wildman–Crippen LogP) is 4.71. The van der Waals surface area contributed by atoms with Gasteiger partial charge < -0.3 is 10.2 Å². The van der Waals surface area contributed by atoms with Crippen molar-refractivity contribution in [3.05, 3.63) is 29.8 Å². The number of carbonyl (C=O) groups excluding carboxylic acids is 2. The van der Waals surface area contributed by atoms with Crippen LogP contribution in [0.15, 0.2) is 24.3 Å². The Balaban J connectivity index is 1.94. The molecule has 0 bridgehead atoms. The molecule has 1 aliphatic rings. The van der Waals surface area contributed by atoms with Crippen molar-refractivity contribution in [1.82, 2.24) is 4.90 Å². The molecular weight excluding hydrogens is 312 g/mol. The molecule has 0 spiro atoms. The van der Waals surface area contributed by atoms with E-state index in [1.165, 1.54) is 25.7 Å². The molecule has 1 fully saturated rings. The van der Waals surface area contributed by atoms with Gasteiger partial charge in [-0.15, -0.1) is 0 Å². The summed E-state index contributed by atoms with van der Waals surface area (Å²) in [7, 11) is 0. The third-order valence-corrected chi connectivity index (χ3v) is 5.11. The van der Waals surface area contributed by atoms with E-state index in [-0.39, 0.29) is 11.8 Å². The summed E-state index contributed by atoms with van der Waals surface area (Å²) >= 11 is 0. The highest BCUT2D eigenvalue weighted by molar-refractivity contribution is 5.92. The number of nitrogens with one attached hydrogen (secondary N) is 1. The number of hydrogen-bond acceptors (Lipinski definition) is 2. The number of rotatable bonds is 6. The fraction of sp³-hybridized carbons (Fsp3) is 0.619. The third kappa shape index (κ3) is 5.87. The van der Waals surface area contributed by atoms with Crippen LogP contribution in [0.4, 0.5) is 5.69 Å². The van der Waals surface area contributed by atoms with Crippen LogP contribution in [-0.4, -0.2) is 29.3 Å². The predicted molar refractivity (Wildman–Crippen MR) is 103 cm³/mol. The fourth-order valence-corrected chi connectivity index (χ4v) is 3.72. The number of para-hydroxylation sites is 1. The van der Waals surface area contributed by atoms with Gasteiger partial charge >= 0.3 is 0 Å². The van der Waals surface area contributed by atoms with Crippen molar-refractivity contribution in [2.75, 3.05) is 11.9 Å². The summed E-state index contributed by atoms with van der Waals surface area (Å²) in [5, 5.41) is 3.02. The standard InChI is InChI=1S/C21H32N2O2/c1-16(2)19-12-8-9-13-20(19)22-21(25)14-15-23(17(3)24)18-10-6-4-5-7-11-18/h8-9,12-13,16,18H,4-7,10-11,14-15H2,1-3H3,(H,22,25). The number of benzene rings is 1. The van der Waals surface area contributed by atoms with Crippen molar-refractivity contribution in [2.24, 2.45) is 0 Å². The van der Waals surface area contributed by atoms with E-state index in [4.69, 9.17) is 0 Å². The lowest BCUT2D eigenvalue weighted by molar-refractivity contribution is -0.131. The highest BCUT2D eigenvalue weighted by Crippen LogP contribution is 2.24. The molecule has 25 heavy (non-hydrogen) atoms. The summed E-state index contributed by atoms with van der Waals surface area (Å²) in [6.07, 6.45) is 7.37. The van der Waals surface area contributed by atoms with Crippen LogP contribution in [-0.2, 0) is 9.59 Å².